The van der Waals surface area contributed by atoms with E-state index >= 15 is 0 Å². The summed E-state index contributed by atoms with van der Waals surface area (Å²) >= 11 is 0. The number of carbonyl (C=O) groups is 3. The minimum atomic E-state index is -0.935. The Morgan fingerprint density at radius 2 is 1.12 bits per heavy atom. The zero-order valence-electron chi connectivity index (χ0n) is 20.3. The molecule has 33 heavy (non-hydrogen) atoms. The second-order valence-electron chi connectivity index (χ2n) is 8.22. The van der Waals surface area contributed by atoms with Gasteiger partial charge in [-0.1, -0.05) is 51.5 Å². The molecular formula is C26H37O6Ti-. The quantitative estimate of drug-likeness (QED) is 0.248. The van der Waals surface area contributed by atoms with Gasteiger partial charge in [0.2, 0.25) is 0 Å². The van der Waals surface area contributed by atoms with E-state index in [2.05, 4.69) is 33.1 Å². The molecule has 1 unspecified atom stereocenters. The number of fused-ring (bicyclic) bond motifs is 1. The van der Waals surface area contributed by atoms with Crippen LogP contribution in [0.5, 0.6) is 0 Å². The number of aliphatic carboxylic acids is 3. The monoisotopic (exact) mass is 493 g/mol. The Bertz CT molecular complexity index is 707. The van der Waals surface area contributed by atoms with Crippen molar-refractivity contribution in [1.29, 1.82) is 0 Å². The van der Waals surface area contributed by atoms with Gasteiger partial charge in [-0.2, -0.15) is 5.57 Å². The molecule has 3 N–H and O–H groups in total. The number of allylic oxidation sites excluding steroid dienone is 4. The molecule has 1 atom stereocenters. The molecule has 182 valence electrons. The summed E-state index contributed by atoms with van der Waals surface area (Å²) in [6.45, 7) is 16.2. The molecule has 0 saturated carbocycles. The second-order valence-corrected chi connectivity index (χ2v) is 8.22. The van der Waals surface area contributed by atoms with E-state index in [0.717, 1.165) is 5.92 Å². The fourth-order valence-electron chi connectivity index (χ4n) is 3.51. The fraction of sp³-hybridized carbons (Fsp3) is 0.462. The summed E-state index contributed by atoms with van der Waals surface area (Å²) in [5.74, 6) is -2.03. The molecule has 0 aromatic rings. The van der Waals surface area contributed by atoms with Gasteiger partial charge in [-0.3, -0.25) is 0 Å². The Labute approximate surface area is 212 Å². The van der Waals surface area contributed by atoms with Crippen molar-refractivity contribution in [2.75, 3.05) is 0 Å². The first kappa shape index (κ1) is 32.9. The molecule has 0 aliphatic heterocycles. The van der Waals surface area contributed by atoms with Gasteiger partial charge in [0.15, 0.2) is 0 Å². The number of hydrogen-bond acceptors (Lipinski definition) is 3. The van der Waals surface area contributed by atoms with Gasteiger partial charge in [-0.25, -0.2) is 26.4 Å². The molecular weight excluding hydrogens is 456 g/mol. The van der Waals surface area contributed by atoms with Crippen LogP contribution in [-0.4, -0.2) is 33.2 Å². The van der Waals surface area contributed by atoms with Gasteiger partial charge < -0.3 is 15.3 Å². The van der Waals surface area contributed by atoms with Crippen LogP contribution < -0.4 is 0 Å². The maximum absolute atomic E-state index is 9.60. The van der Waals surface area contributed by atoms with Crippen molar-refractivity contribution >= 4 is 17.9 Å². The molecule has 0 aromatic carbocycles. The van der Waals surface area contributed by atoms with Crippen molar-refractivity contribution < 1.29 is 51.4 Å². The van der Waals surface area contributed by atoms with Crippen molar-refractivity contribution in [1.82, 2.24) is 0 Å². The van der Waals surface area contributed by atoms with E-state index in [1.807, 2.05) is 0 Å². The van der Waals surface area contributed by atoms with Crippen LogP contribution >= 0.6 is 0 Å². The van der Waals surface area contributed by atoms with E-state index in [1.54, 1.807) is 22.3 Å². The molecule has 0 heterocycles. The normalized spacial score (nSPS) is 17.4. The molecule has 7 heteroatoms. The Morgan fingerprint density at radius 1 is 0.758 bits per heavy atom. The largest absolute Gasteiger partial charge is 0.478 e. The molecule has 0 saturated heterocycles. The van der Waals surface area contributed by atoms with Gasteiger partial charge in [0.1, 0.15) is 0 Å². The van der Waals surface area contributed by atoms with E-state index in [1.165, 1.54) is 65.7 Å². The summed E-state index contributed by atoms with van der Waals surface area (Å²) in [4.78, 5) is 28.8. The Balaban J connectivity index is 0. The van der Waals surface area contributed by atoms with Crippen LogP contribution in [0.1, 0.15) is 72.6 Å². The first-order valence-corrected chi connectivity index (χ1v) is 10.8. The van der Waals surface area contributed by atoms with E-state index in [4.69, 9.17) is 15.3 Å². The minimum absolute atomic E-state index is 0. The van der Waals surface area contributed by atoms with Gasteiger partial charge in [-0.15, -0.1) is 12.0 Å². The van der Waals surface area contributed by atoms with E-state index in [-0.39, 0.29) is 38.4 Å². The smallest absolute Gasteiger partial charge is 0.330 e. The van der Waals surface area contributed by atoms with Crippen LogP contribution in [0.15, 0.2) is 58.7 Å². The second kappa shape index (κ2) is 16.3. The number of carboxylic acids is 3. The minimum Gasteiger partial charge on any atom is -0.478 e. The van der Waals surface area contributed by atoms with Crippen LogP contribution in [0.25, 0.3) is 0 Å². The maximum atomic E-state index is 9.60. The van der Waals surface area contributed by atoms with Crippen LogP contribution in [0.2, 0.25) is 0 Å². The number of hydrogen-bond donors (Lipinski definition) is 3. The Hall–Kier alpha value is -2.31. The van der Waals surface area contributed by atoms with Crippen molar-refractivity contribution in [2.45, 2.75) is 72.6 Å². The van der Waals surface area contributed by atoms with E-state index in [9.17, 15) is 14.4 Å². The third-order valence-electron chi connectivity index (χ3n) is 5.30. The molecule has 0 fully saturated rings. The molecule has 0 amide bonds. The molecule has 0 bridgehead atoms. The predicted molar refractivity (Wildman–Crippen MR) is 127 cm³/mol. The third-order valence-corrected chi connectivity index (χ3v) is 5.30. The Morgan fingerprint density at radius 3 is 1.52 bits per heavy atom. The van der Waals surface area contributed by atoms with Crippen LogP contribution in [0.3, 0.4) is 0 Å². The average Bonchev–Trinajstić information content (AvgIpc) is 3.02. The van der Waals surface area contributed by atoms with Crippen molar-refractivity contribution in [2.24, 2.45) is 5.92 Å². The van der Waals surface area contributed by atoms with Gasteiger partial charge in [0.25, 0.3) is 0 Å². The van der Waals surface area contributed by atoms with Gasteiger partial charge in [0.05, 0.1) is 0 Å². The van der Waals surface area contributed by atoms with Crippen LogP contribution in [0, 0.1) is 12.3 Å². The summed E-state index contributed by atoms with van der Waals surface area (Å²) in [5.41, 5.74) is 7.59. The molecule has 6 nitrogen and oxygen atoms in total. The van der Waals surface area contributed by atoms with E-state index < -0.39 is 17.9 Å². The van der Waals surface area contributed by atoms with Crippen LogP contribution in [-0.2, 0) is 36.1 Å². The molecule has 0 radical (unpaired) electrons. The van der Waals surface area contributed by atoms with Gasteiger partial charge >= 0.3 is 17.9 Å². The molecule has 0 spiro atoms. The van der Waals surface area contributed by atoms with Gasteiger partial charge in [-0.05, 0) is 46.0 Å². The summed E-state index contributed by atoms with van der Waals surface area (Å²) in [5, 5.41) is 23.7. The summed E-state index contributed by atoms with van der Waals surface area (Å²) in [7, 11) is 0. The molecule has 3 aliphatic carbocycles. The summed E-state index contributed by atoms with van der Waals surface area (Å²) in [6.07, 6.45) is 12.2. The number of rotatable bonds is 3. The molecule has 3 rings (SSSR count). The average molecular weight is 493 g/mol. The maximum Gasteiger partial charge on any atom is 0.330 e. The molecule has 0 aromatic heterocycles. The summed E-state index contributed by atoms with van der Waals surface area (Å²) < 4.78 is 0. The summed E-state index contributed by atoms with van der Waals surface area (Å²) in [6, 6.07) is 0. The van der Waals surface area contributed by atoms with Crippen molar-refractivity contribution in [3.8, 4) is 0 Å². The van der Waals surface area contributed by atoms with Crippen molar-refractivity contribution in [3.05, 3.63) is 65.2 Å². The number of carboxylic acid groups (broad SMARTS) is 3. The SMILES string of the molecule is C=C(C)C(=O)O.C=C(C)C(=O)O.C=C(C)C(=O)O.CC1C2=C(CCC[CH-]2)C2=C1CCCC2.[Ti]. The van der Waals surface area contributed by atoms with Gasteiger partial charge in [0, 0.05) is 38.4 Å². The first-order chi connectivity index (χ1) is 14.8. The third kappa shape index (κ3) is 11.9. The molecule has 3 aliphatic rings. The topological polar surface area (TPSA) is 112 Å². The van der Waals surface area contributed by atoms with E-state index in [0.29, 0.717) is 0 Å². The Kier molecular flexibility index (Phi) is 16.3. The standard InChI is InChI=1S/C14H19.3C4H6O2.Ti/c1-10-11-6-2-4-8-13(11)14-9-5-3-7-12(10)14;3*1-3(2)4(5)6;/h6,10H,2-5,7-9H2,1H3;3*1H2,2H3,(H,5,6);/q-1;;;;. The first-order valence-electron chi connectivity index (χ1n) is 10.8. The van der Waals surface area contributed by atoms with Crippen molar-refractivity contribution in [3.63, 3.8) is 0 Å². The zero-order valence-corrected chi connectivity index (χ0v) is 21.9. The van der Waals surface area contributed by atoms with Crippen LogP contribution in [0.4, 0.5) is 0 Å². The predicted octanol–water partition coefficient (Wildman–Crippen LogP) is 6.13. The fourth-order valence-corrected chi connectivity index (χ4v) is 3.51. The zero-order chi connectivity index (χ0) is 25.0.